The molecule has 82 valence electrons. The maximum atomic E-state index is 5.61. The van der Waals surface area contributed by atoms with E-state index in [1.54, 1.807) is 0 Å². The van der Waals surface area contributed by atoms with Gasteiger partial charge in [0.15, 0.2) is 0 Å². The Bertz CT molecular complexity index is 288. The minimum Gasteiger partial charge on any atom is -0.372 e. The second-order valence-electron chi connectivity index (χ2n) is 4.27. The lowest BCUT2D eigenvalue weighted by Crippen LogP contribution is -2.04. The molecule has 1 saturated carbocycles. The largest absolute Gasteiger partial charge is 0.372 e. The molecule has 1 aromatic carbocycles. The zero-order valence-corrected chi connectivity index (χ0v) is 9.76. The van der Waals surface area contributed by atoms with E-state index >= 15 is 0 Å². The van der Waals surface area contributed by atoms with E-state index in [-0.39, 0.29) is 0 Å². The molecule has 0 radical (unpaired) electrons. The van der Waals surface area contributed by atoms with Crippen molar-refractivity contribution < 1.29 is 0 Å². The quantitative estimate of drug-likeness (QED) is 0.594. The van der Waals surface area contributed by atoms with E-state index in [1.807, 2.05) is 0 Å². The molecule has 0 spiro atoms. The molecule has 2 heteroatoms. The van der Waals surface area contributed by atoms with E-state index in [4.69, 9.17) is 11.6 Å². The lowest BCUT2D eigenvalue weighted by atomic mass is 9.84. The average Bonchev–Trinajstić information content (AvgIpc) is 2.32. The maximum Gasteiger partial charge on any atom is 0.0901 e. The van der Waals surface area contributed by atoms with Crippen molar-refractivity contribution in [3.05, 3.63) is 29.8 Å². The minimum absolute atomic E-state index is 0.475. The summed E-state index contributed by atoms with van der Waals surface area (Å²) in [4.78, 5) is 0. The van der Waals surface area contributed by atoms with Gasteiger partial charge in [0, 0.05) is 5.69 Å². The van der Waals surface area contributed by atoms with Crippen LogP contribution in [0.3, 0.4) is 0 Å². The lowest BCUT2D eigenvalue weighted by Gasteiger charge is -2.22. The van der Waals surface area contributed by atoms with Gasteiger partial charge in [-0.3, -0.25) is 0 Å². The van der Waals surface area contributed by atoms with Crippen molar-refractivity contribution in [1.29, 1.82) is 0 Å². The zero-order chi connectivity index (χ0) is 10.5. The van der Waals surface area contributed by atoms with Gasteiger partial charge in [-0.25, -0.2) is 0 Å². The number of alkyl halides is 1. The van der Waals surface area contributed by atoms with Gasteiger partial charge in [0.1, 0.15) is 0 Å². The predicted molar refractivity (Wildman–Crippen MR) is 66.6 cm³/mol. The van der Waals surface area contributed by atoms with Crippen molar-refractivity contribution in [2.24, 2.45) is 0 Å². The highest BCUT2D eigenvalue weighted by Crippen LogP contribution is 2.32. The summed E-state index contributed by atoms with van der Waals surface area (Å²) < 4.78 is 0. The monoisotopic (exact) mass is 223 g/mol. The predicted octanol–water partition coefficient (Wildman–Crippen LogP) is 4.34. The van der Waals surface area contributed by atoms with E-state index in [0.717, 1.165) is 11.6 Å². The highest BCUT2D eigenvalue weighted by Gasteiger charge is 2.14. The first-order valence-corrected chi connectivity index (χ1v) is 6.33. The molecule has 0 aromatic heterocycles. The average molecular weight is 224 g/mol. The van der Waals surface area contributed by atoms with E-state index in [0.29, 0.717) is 6.00 Å². The fraction of sp³-hybridized carbons (Fsp3) is 0.538. The van der Waals surface area contributed by atoms with E-state index < -0.39 is 0 Å². The summed E-state index contributed by atoms with van der Waals surface area (Å²) in [5.74, 6) is 0.795. The molecule has 0 aliphatic heterocycles. The molecule has 0 bridgehead atoms. The van der Waals surface area contributed by atoms with Crippen molar-refractivity contribution in [2.75, 3.05) is 11.3 Å². The van der Waals surface area contributed by atoms with Crippen molar-refractivity contribution in [3.63, 3.8) is 0 Å². The van der Waals surface area contributed by atoms with Crippen molar-refractivity contribution in [2.45, 2.75) is 38.0 Å². The van der Waals surface area contributed by atoms with Gasteiger partial charge in [-0.05, 0) is 36.5 Å². The van der Waals surface area contributed by atoms with Crippen LogP contribution in [0.4, 0.5) is 5.69 Å². The second kappa shape index (κ2) is 5.41. The SMILES string of the molecule is ClCNc1ccc(C2CCCCC2)cc1. The molecular formula is C13H18ClN. The van der Waals surface area contributed by atoms with E-state index in [9.17, 15) is 0 Å². The van der Waals surface area contributed by atoms with Crippen LogP contribution in [0.1, 0.15) is 43.6 Å². The molecule has 0 atom stereocenters. The third kappa shape index (κ3) is 2.88. The maximum absolute atomic E-state index is 5.61. The van der Waals surface area contributed by atoms with Crippen LogP contribution < -0.4 is 5.32 Å². The summed E-state index contributed by atoms with van der Waals surface area (Å²) in [5, 5.41) is 3.10. The number of nitrogens with one attached hydrogen (secondary N) is 1. The third-order valence-electron chi connectivity index (χ3n) is 3.26. The molecular weight excluding hydrogens is 206 g/mol. The third-order valence-corrected chi connectivity index (χ3v) is 3.39. The first-order chi connectivity index (χ1) is 7.40. The van der Waals surface area contributed by atoms with Gasteiger partial charge in [-0.2, -0.15) is 0 Å². The molecule has 1 nitrogen and oxygen atoms in total. The molecule has 1 aliphatic rings. The molecule has 1 fully saturated rings. The Morgan fingerprint density at radius 1 is 1.07 bits per heavy atom. The Kier molecular flexibility index (Phi) is 3.90. The smallest absolute Gasteiger partial charge is 0.0901 e. The van der Waals surface area contributed by atoms with Crippen LogP contribution in [0.15, 0.2) is 24.3 Å². The lowest BCUT2D eigenvalue weighted by molar-refractivity contribution is 0.443. The minimum atomic E-state index is 0.475. The second-order valence-corrected chi connectivity index (χ2v) is 4.53. The number of rotatable bonds is 3. The van der Waals surface area contributed by atoms with Gasteiger partial charge < -0.3 is 5.32 Å². The Hall–Kier alpha value is -0.690. The van der Waals surface area contributed by atoms with Crippen LogP contribution in [0.2, 0.25) is 0 Å². The van der Waals surface area contributed by atoms with Gasteiger partial charge in [0.25, 0.3) is 0 Å². The Balaban J connectivity index is 2.02. The van der Waals surface area contributed by atoms with Crippen molar-refractivity contribution in [3.8, 4) is 0 Å². The number of hydrogen-bond donors (Lipinski definition) is 1. The van der Waals surface area contributed by atoms with Crippen LogP contribution in [0, 0.1) is 0 Å². The Labute approximate surface area is 96.8 Å². The Morgan fingerprint density at radius 3 is 2.33 bits per heavy atom. The van der Waals surface area contributed by atoms with Gasteiger partial charge in [0.2, 0.25) is 0 Å². The standard InChI is InChI=1S/C13H18ClN/c14-10-15-13-8-6-12(7-9-13)11-4-2-1-3-5-11/h6-9,11,15H,1-5,10H2. The topological polar surface area (TPSA) is 12.0 Å². The van der Waals surface area contributed by atoms with E-state index in [2.05, 4.69) is 29.6 Å². The molecule has 1 aromatic rings. The van der Waals surface area contributed by atoms with Crippen LogP contribution in [0.25, 0.3) is 0 Å². The van der Waals surface area contributed by atoms with E-state index in [1.165, 1.54) is 37.7 Å². The zero-order valence-electron chi connectivity index (χ0n) is 9.01. The van der Waals surface area contributed by atoms with Crippen LogP contribution in [-0.4, -0.2) is 6.00 Å². The fourth-order valence-electron chi connectivity index (χ4n) is 2.39. The normalized spacial score (nSPS) is 17.7. The summed E-state index contributed by atoms with van der Waals surface area (Å²) in [6.07, 6.45) is 6.94. The summed E-state index contributed by atoms with van der Waals surface area (Å²) in [6.45, 7) is 0. The van der Waals surface area contributed by atoms with Crippen LogP contribution in [0.5, 0.6) is 0 Å². The molecule has 0 saturated heterocycles. The molecule has 15 heavy (non-hydrogen) atoms. The van der Waals surface area contributed by atoms with Gasteiger partial charge in [0.05, 0.1) is 6.00 Å². The molecule has 0 unspecified atom stereocenters. The van der Waals surface area contributed by atoms with Crippen molar-refractivity contribution >= 4 is 17.3 Å². The van der Waals surface area contributed by atoms with Crippen LogP contribution in [-0.2, 0) is 0 Å². The summed E-state index contributed by atoms with van der Waals surface area (Å²) in [7, 11) is 0. The number of anilines is 1. The van der Waals surface area contributed by atoms with Gasteiger partial charge >= 0.3 is 0 Å². The fourth-order valence-corrected chi connectivity index (χ4v) is 2.54. The summed E-state index contributed by atoms with van der Waals surface area (Å²) in [6, 6.07) is 9.22. The first-order valence-electron chi connectivity index (χ1n) is 5.80. The number of hydrogen-bond acceptors (Lipinski definition) is 1. The molecule has 2 rings (SSSR count). The Morgan fingerprint density at radius 2 is 1.73 bits per heavy atom. The molecule has 0 heterocycles. The molecule has 0 amide bonds. The van der Waals surface area contributed by atoms with Crippen LogP contribution >= 0.6 is 11.6 Å². The number of halogens is 1. The highest BCUT2D eigenvalue weighted by atomic mass is 35.5. The number of benzene rings is 1. The van der Waals surface area contributed by atoms with Gasteiger partial charge in [-0.1, -0.05) is 31.4 Å². The first kappa shape index (κ1) is 10.8. The summed E-state index contributed by atoms with van der Waals surface area (Å²) in [5.41, 5.74) is 2.61. The van der Waals surface area contributed by atoms with Crippen molar-refractivity contribution in [1.82, 2.24) is 0 Å². The molecule has 1 aliphatic carbocycles. The highest BCUT2D eigenvalue weighted by molar-refractivity contribution is 6.18. The summed E-state index contributed by atoms with van der Waals surface area (Å²) >= 11 is 5.61. The van der Waals surface area contributed by atoms with Gasteiger partial charge in [-0.15, -0.1) is 11.6 Å². The molecule has 1 N–H and O–H groups in total.